The van der Waals surface area contributed by atoms with Crippen LogP contribution in [0.2, 0.25) is 5.02 Å². The van der Waals surface area contributed by atoms with Gasteiger partial charge in [-0.2, -0.15) is 0 Å². The Bertz CT molecular complexity index is 668. The van der Waals surface area contributed by atoms with E-state index in [-0.39, 0.29) is 17.9 Å². The molecule has 0 heterocycles. The maximum atomic E-state index is 12.3. The molecule has 6 heteroatoms. The lowest BCUT2D eigenvalue weighted by Crippen LogP contribution is -2.40. The van der Waals surface area contributed by atoms with Crippen molar-refractivity contribution < 1.29 is 9.59 Å². The van der Waals surface area contributed by atoms with E-state index in [4.69, 9.17) is 11.6 Å². The van der Waals surface area contributed by atoms with E-state index in [0.717, 1.165) is 50.6 Å². The normalized spacial score (nSPS) is 22.7. The molecule has 0 saturated heterocycles. The second-order valence-corrected chi connectivity index (χ2v) is 9.03. The van der Waals surface area contributed by atoms with E-state index in [2.05, 4.69) is 16.0 Å². The smallest absolute Gasteiger partial charge is 0.315 e. The molecule has 0 radical (unpaired) electrons. The van der Waals surface area contributed by atoms with E-state index in [0.29, 0.717) is 29.9 Å². The third-order valence-electron chi connectivity index (χ3n) is 6.46. The lowest BCUT2D eigenvalue weighted by Gasteiger charge is -2.29. The van der Waals surface area contributed by atoms with Crippen molar-refractivity contribution in [3.05, 3.63) is 34.9 Å². The number of amides is 3. The van der Waals surface area contributed by atoms with Gasteiger partial charge in [-0.25, -0.2) is 4.79 Å². The van der Waals surface area contributed by atoms with Crippen LogP contribution in [0.15, 0.2) is 24.3 Å². The van der Waals surface area contributed by atoms with Gasteiger partial charge < -0.3 is 16.0 Å². The Morgan fingerprint density at radius 1 is 0.828 bits per heavy atom. The van der Waals surface area contributed by atoms with Crippen LogP contribution in [0.25, 0.3) is 0 Å². The molecule has 0 atom stereocenters. The van der Waals surface area contributed by atoms with Gasteiger partial charge in [0.25, 0.3) is 0 Å². The average Bonchev–Trinajstić information content (AvgIpc) is 2.77. The van der Waals surface area contributed by atoms with E-state index in [1.54, 1.807) is 0 Å². The molecular weight excluding hydrogens is 386 g/mol. The SMILES string of the molecule is O=C(NCc1ccccc1Cl)NCC1CCC(CNC(=O)C2CCCCC2)CC1. The Kier molecular flexibility index (Phi) is 8.66. The van der Waals surface area contributed by atoms with Crippen LogP contribution in [0.3, 0.4) is 0 Å². The summed E-state index contributed by atoms with van der Waals surface area (Å²) >= 11 is 6.11. The lowest BCUT2D eigenvalue weighted by molar-refractivity contribution is -0.126. The minimum atomic E-state index is -0.146. The summed E-state index contributed by atoms with van der Waals surface area (Å²) in [6.07, 6.45) is 10.2. The van der Waals surface area contributed by atoms with Gasteiger partial charge in [-0.3, -0.25) is 4.79 Å². The fourth-order valence-electron chi connectivity index (χ4n) is 4.51. The van der Waals surface area contributed by atoms with Crippen molar-refractivity contribution in [3.8, 4) is 0 Å². The summed E-state index contributed by atoms with van der Waals surface area (Å²) in [7, 11) is 0. The molecule has 1 aromatic carbocycles. The molecule has 0 unspecified atom stereocenters. The number of carbonyl (C=O) groups is 2. The number of nitrogens with one attached hydrogen (secondary N) is 3. The molecule has 3 N–H and O–H groups in total. The quantitative estimate of drug-likeness (QED) is 0.602. The predicted octanol–water partition coefficient (Wildman–Crippen LogP) is 4.64. The van der Waals surface area contributed by atoms with Gasteiger partial charge in [0.1, 0.15) is 0 Å². The first-order valence-electron chi connectivity index (χ1n) is 11.1. The third kappa shape index (κ3) is 7.22. The Labute approximate surface area is 179 Å². The van der Waals surface area contributed by atoms with Gasteiger partial charge in [-0.05, 0) is 62.0 Å². The first-order chi connectivity index (χ1) is 14.1. The summed E-state index contributed by atoms with van der Waals surface area (Å²) in [5, 5.41) is 9.72. The van der Waals surface area contributed by atoms with Crippen LogP contribution in [0, 0.1) is 17.8 Å². The molecule has 0 bridgehead atoms. The topological polar surface area (TPSA) is 70.2 Å². The molecule has 0 spiro atoms. The highest BCUT2D eigenvalue weighted by Gasteiger charge is 2.24. The molecule has 2 aliphatic carbocycles. The van der Waals surface area contributed by atoms with Gasteiger partial charge in [-0.15, -0.1) is 0 Å². The zero-order valence-corrected chi connectivity index (χ0v) is 18.0. The highest BCUT2D eigenvalue weighted by Crippen LogP contribution is 2.28. The molecule has 2 fully saturated rings. The second-order valence-electron chi connectivity index (χ2n) is 8.62. The summed E-state index contributed by atoms with van der Waals surface area (Å²) in [4.78, 5) is 24.3. The van der Waals surface area contributed by atoms with Crippen molar-refractivity contribution in [1.82, 2.24) is 16.0 Å². The molecule has 3 rings (SSSR count). The van der Waals surface area contributed by atoms with Crippen LogP contribution in [-0.2, 0) is 11.3 Å². The average molecular weight is 420 g/mol. The van der Waals surface area contributed by atoms with Crippen molar-refractivity contribution in [2.24, 2.45) is 17.8 Å². The Morgan fingerprint density at radius 2 is 1.45 bits per heavy atom. The molecule has 0 aliphatic heterocycles. The number of hydrogen-bond donors (Lipinski definition) is 3. The standard InChI is InChI=1S/C23H34ClN3O2/c24-21-9-5-4-8-20(21)16-27-23(29)26-15-18-12-10-17(11-13-18)14-25-22(28)19-6-2-1-3-7-19/h4-5,8-9,17-19H,1-3,6-7,10-16H2,(H,25,28)(H2,26,27,29). The number of urea groups is 1. The Morgan fingerprint density at radius 3 is 2.10 bits per heavy atom. The van der Waals surface area contributed by atoms with Gasteiger partial charge in [-0.1, -0.05) is 49.1 Å². The molecular formula is C23H34ClN3O2. The molecule has 0 aromatic heterocycles. The summed E-state index contributed by atoms with van der Waals surface area (Å²) in [5.41, 5.74) is 0.917. The van der Waals surface area contributed by atoms with E-state index < -0.39 is 0 Å². The van der Waals surface area contributed by atoms with Gasteiger partial charge >= 0.3 is 6.03 Å². The van der Waals surface area contributed by atoms with Crippen LogP contribution in [0.4, 0.5) is 4.79 Å². The Balaban J connectivity index is 1.27. The number of carbonyl (C=O) groups excluding carboxylic acids is 2. The predicted molar refractivity (Wildman–Crippen MR) is 117 cm³/mol. The fraction of sp³-hybridized carbons (Fsp3) is 0.652. The van der Waals surface area contributed by atoms with Crippen molar-refractivity contribution in [1.29, 1.82) is 0 Å². The van der Waals surface area contributed by atoms with Gasteiger partial charge in [0.15, 0.2) is 0 Å². The minimum absolute atomic E-state index is 0.146. The highest BCUT2D eigenvalue weighted by molar-refractivity contribution is 6.31. The Hall–Kier alpha value is -1.75. The summed E-state index contributed by atoms with van der Waals surface area (Å²) in [6.45, 7) is 1.95. The number of hydrogen-bond acceptors (Lipinski definition) is 2. The first kappa shape index (κ1) is 21.9. The zero-order chi connectivity index (χ0) is 20.5. The second kappa shape index (κ2) is 11.4. The van der Waals surface area contributed by atoms with Crippen LogP contribution in [0.5, 0.6) is 0 Å². The van der Waals surface area contributed by atoms with Crippen LogP contribution < -0.4 is 16.0 Å². The van der Waals surface area contributed by atoms with Crippen molar-refractivity contribution in [2.75, 3.05) is 13.1 Å². The fourth-order valence-corrected chi connectivity index (χ4v) is 4.71. The van der Waals surface area contributed by atoms with Gasteiger partial charge in [0.2, 0.25) is 5.91 Å². The number of benzene rings is 1. The molecule has 29 heavy (non-hydrogen) atoms. The molecule has 2 saturated carbocycles. The largest absolute Gasteiger partial charge is 0.356 e. The molecule has 3 amide bonds. The molecule has 2 aliphatic rings. The monoisotopic (exact) mass is 419 g/mol. The highest BCUT2D eigenvalue weighted by atomic mass is 35.5. The van der Waals surface area contributed by atoms with Crippen LogP contribution in [-0.4, -0.2) is 25.0 Å². The maximum absolute atomic E-state index is 12.3. The minimum Gasteiger partial charge on any atom is -0.356 e. The van der Waals surface area contributed by atoms with Crippen LogP contribution in [0.1, 0.15) is 63.4 Å². The van der Waals surface area contributed by atoms with Crippen molar-refractivity contribution in [2.45, 2.75) is 64.3 Å². The maximum Gasteiger partial charge on any atom is 0.315 e. The zero-order valence-electron chi connectivity index (χ0n) is 17.2. The summed E-state index contributed by atoms with van der Waals surface area (Å²) < 4.78 is 0. The number of halogens is 1. The molecule has 160 valence electrons. The van der Waals surface area contributed by atoms with E-state index >= 15 is 0 Å². The van der Waals surface area contributed by atoms with E-state index in [1.165, 1.54) is 19.3 Å². The van der Waals surface area contributed by atoms with E-state index in [1.807, 2.05) is 24.3 Å². The first-order valence-corrected chi connectivity index (χ1v) is 11.5. The summed E-state index contributed by atoms with van der Waals surface area (Å²) in [5.74, 6) is 1.61. The van der Waals surface area contributed by atoms with Gasteiger partial charge in [0, 0.05) is 30.6 Å². The third-order valence-corrected chi connectivity index (χ3v) is 6.82. The van der Waals surface area contributed by atoms with E-state index in [9.17, 15) is 9.59 Å². The van der Waals surface area contributed by atoms with Crippen LogP contribution >= 0.6 is 11.6 Å². The van der Waals surface area contributed by atoms with Crippen molar-refractivity contribution in [3.63, 3.8) is 0 Å². The molecule has 1 aromatic rings. The number of rotatable bonds is 7. The van der Waals surface area contributed by atoms with Crippen molar-refractivity contribution >= 4 is 23.5 Å². The molecule has 5 nitrogen and oxygen atoms in total. The lowest BCUT2D eigenvalue weighted by atomic mass is 9.81. The van der Waals surface area contributed by atoms with Gasteiger partial charge in [0.05, 0.1) is 0 Å². The summed E-state index contributed by atoms with van der Waals surface area (Å²) in [6, 6.07) is 7.39.